The van der Waals surface area contributed by atoms with Gasteiger partial charge in [0.15, 0.2) is 15.5 Å². The molecule has 4 aromatic rings. The second-order valence-corrected chi connectivity index (χ2v) is 11.1. The maximum Gasteiger partial charge on any atom is 0.256 e. The van der Waals surface area contributed by atoms with Crippen molar-refractivity contribution in [2.45, 2.75) is 26.3 Å². The number of methoxy groups -OCH3 is 1. The number of ether oxygens (including phenoxy) is 1. The summed E-state index contributed by atoms with van der Waals surface area (Å²) in [5.74, 6) is 0.572. The number of aromatic nitrogens is 3. The average Bonchev–Trinajstić information content (AvgIpc) is 3.37. The van der Waals surface area contributed by atoms with Crippen molar-refractivity contribution >= 4 is 32.5 Å². The Kier molecular flexibility index (Phi) is 5.80. The molecule has 1 atom stereocenters. The Morgan fingerprint density at radius 3 is 2.54 bits per heavy atom. The van der Waals surface area contributed by atoms with Crippen molar-refractivity contribution in [3.05, 3.63) is 71.4 Å². The molecule has 2 aromatic carbocycles. The SMILES string of the molecule is COc1ccc(-c2cc(C(=O)Nc3cccc(C)c3)c3c(C)nn(C4CCS(=O)(=O)C4)c3n2)cc1. The zero-order chi connectivity index (χ0) is 24.7. The molecule has 180 valence electrons. The molecule has 35 heavy (non-hydrogen) atoms. The summed E-state index contributed by atoms with van der Waals surface area (Å²) < 4.78 is 31.3. The predicted octanol–water partition coefficient (Wildman–Crippen LogP) is 4.34. The minimum absolute atomic E-state index is 0.0164. The molecule has 1 aliphatic rings. The van der Waals surface area contributed by atoms with Gasteiger partial charge in [-0.2, -0.15) is 5.10 Å². The standard InChI is InChI=1S/C26H26N4O4S/c1-16-5-4-6-19(13-16)27-26(31)22-14-23(18-7-9-21(34-3)10-8-18)28-25-24(22)17(2)29-30(25)20-11-12-35(32,33)15-20/h4-10,13-14,20H,11-12,15H2,1-3H3,(H,27,31). The third-order valence-electron chi connectivity index (χ3n) is 6.30. The van der Waals surface area contributed by atoms with Gasteiger partial charge >= 0.3 is 0 Å². The Morgan fingerprint density at radius 1 is 1.11 bits per heavy atom. The molecule has 1 saturated heterocycles. The normalized spacial score (nSPS) is 16.9. The summed E-state index contributed by atoms with van der Waals surface area (Å²) in [6.07, 6.45) is 0.470. The number of hydrogen-bond donors (Lipinski definition) is 1. The van der Waals surface area contributed by atoms with Gasteiger partial charge < -0.3 is 10.1 Å². The van der Waals surface area contributed by atoms with E-state index in [2.05, 4.69) is 10.4 Å². The molecular weight excluding hydrogens is 464 g/mol. The van der Waals surface area contributed by atoms with Crippen LogP contribution in [0, 0.1) is 13.8 Å². The molecule has 0 saturated carbocycles. The highest BCUT2D eigenvalue weighted by Gasteiger charge is 2.32. The first-order valence-electron chi connectivity index (χ1n) is 11.4. The van der Waals surface area contributed by atoms with Crippen molar-refractivity contribution in [3.63, 3.8) is 0 Å². The van der Waals surface area contributed by atoms with Gasteiger partial charge in [0.05, 0.1) is 47.0 Å². The third-order valence-corrected chi connectivity index (χ3v) is 8.05. The molecule has 0 aliphatic carbocycles. The monoisotopic (exact) mass is 490 g/mol. The van der Waals surface area contributed by atoms with Gasteiger partial charge in [-0.05, 0) is 68.3 Å². The van der Waals surface area contributed by atoms with Crippen molar-refractivity contribution < 1.29 is 17.9 Å². The number of fused-ring (bicyclic) bond motifs is 1. The van der Waals surface area contributed by atoms with Gasteiger partial charge in [-0.3, -0.25) is 4.79 Å². The summed E-state index contributed by atoms with van der Waals surface area (Å²) in [5.41, 5.74) is 4.70. The number of benzene rings is 2. The predicted molar refractivity (Wildman–Crippen MR) is 136 cm³/mol. The van der Waals surface area contributed by atoms with E-state index in [4.69, 9.17) is 9.72 Å². The Bertz CT molecular complexity index is 1540. The van der Waals surface area contributed by atoms with E-state index < -0.39 is 9.84 Å². The summed E-state index contributed by atoms with van der Waals surface area (Å²) in [5, 5.41) is 8.26. The minimum atomic E-state index is -3.13. The van der Waals surface area contributed by atoms with Gasteiger partial charge in [0, 0.05) is 11.3 Å². The molecule has 3 heterocycles. The Hall–Kier alpha value is -3.72. The highest BCUT2D eigenvalue weighted by molar-refractivity contribution is 7.91. The maximum absolute atomic E-state index is 13.5. The van der Waals surface area contributed by atoms with E-state index in [9.17, 15) is 13.2 Å². The molecule has 0 bridgehead atoms. The smallest absolute Gasteiger partial charge is 0.256 e. The van der Waals surface area contributed by atoms with Crippen LogP contribution in [0.5, 0.6) is 5.75 Å². The molecule has 1 N–H and O–H groups in total. The van der Waals surface area contributed by atoms with E-state index in [1.807, 2.05) is 62.4 Å². The summed E-state index contributed by atoms with van der Waals surface area (Å²) >= 11 is 0. The van der Waals surface area contributed by atoms with Crippen molar-refractivity contribution in [3.8, 4) is 17.0 Å². The molecule has 5 rings (SSSR count). The Balaban J connectivity index is 1.67. The maximum atomic E-state index is 13.5. The largest absolute Gasteiger partial charge is 0.497 e. The van der Waals surface area contributed by atoms with Crippen molar-refractivity contribution in [1.82, 2.24) is 14.8 Å². The summed E-state index contributed by atoms with van der Waals surface area (Å²) in [6.45, 7) is 3.78. The highest BCUT2D eigenvalue weighted by Crippen LogP contribution is 2.33. The Labute approximate surface area is 203 Å². The molecule has 0 radical (unpaired) electrons. The van der Waals surface area contributed by atoms with Crippen LogP contribution < -0.4 is 10.1 Å². The van der Waals surface area contributed by atoms with E-state index >= 15 is 0 Å². The van der Waals surface area contributed by atoms with Gasteiger partial charge in [-0.25, -0.2) is 18.1 Å². The average molecular weight is 491 g/mol. The van der Waals surface area contributed by atoms with Gasteiger partial charge in [0.2, 0.25) is 0 Å². The van der Waals surface area contributed by atoms with Crippen LogP contribution in [0.25, 0.3) is 22.3 Å². The number of rotatable bonds is 5. The number of amides is 1. The number of carbonyl (C=O) groups is 1. The van der Waals surface area contributed by atoms with Crippen LogP contribution in [0.4, 0.5) is 5.69 Å². The van der Waals surface area contributed by atoms with Crippen molar-refractivity contribution in [2.24, 2.45) is 0 Å². The number of anilines is 1. The van der Waals surface area contributed by atoms with E-state index in [1.54, 1.807) is 17.9 Å². The van der Waals surface area contributed by atoms with Crippen LogP contribution in [-0.2, 0) is 9.84 Å². The molecule has 1 amide bonds. The molecule has 8 nitrogen and oxygen atoms in total. The van der Waals surface area contributed by atoms with Crippen LogP contribution in [0.15, 0.2) is 54.6 Å². The second-order valence-electron chi connectivity index (χ2n) is 8.89. The number of sulfone groups is 1. The molecule has 1 aliphatic heterocycles. The van der Waals surface area contributed by atoms with Gasteiger partial charge in [0.1, 0.15) is 5.75 Å². The number of pyridine rings is 1. The van der Waals surface area contributed by atoms with Gasteiger partial charge in [-0.1, -0.05) is 12.1 Å². The summed E-state index contributed by atoms with van der Waals surface area (Å²) in [6, 6.07) is 16.5. The van der Waals surface area contributed by atoms with E-state index in [-0.39, 0.29) is 23.5 Å². The Morgan fingerprint density at radius 2 is 1.89 bits per heavy atom. The lowest BCUT2D eigenvalue weighted by Gasteiger charge is -2.13. The lowest BCUT2D eigenvalue weighted by molar-refractivity contribution is 0.102. The fourth-order valence-electron chi connectivity index (χ4n) is 4.55. The van der Waals surface area contributed by atoms with Crippen LogP contribution in [-0.4, -0.2) is 47.7 Å². The van der Waals surface area contributed by atoms with E-state index in [1.165, 1.54) is 0 Å². The highest BCUT2D eigenvalue weighted by atomic mass is 32.2. The first-order valence-corrected chi connectivity index (χ1v) is 13.2. The molecule has 1 unspecified atom stereocenters. The van der Waals surface area contributed by atoms with Crippen LogP contribution in [0.2, 0.25) is 0 Å². The zero-order valence-electron chi connectivity index (χ0n) is 19.8. The number of carbonyl (C=O) groups excluding carboxylic acids is 1. The number of nitrogens with one attached hydrogen (secondary N) is 1. The quantitative estimate of drug-likeness (QED) is 0.447. The third kappa shape index (κ3) is 4.51. The molecule has 2 aromatic heterocycles. The van der Waals surface area contributed by atoms with Crippen molar-refractivity contribution in [2.75, 3.05) is 23.9 Å². The number of hydrogen-bond acceptors (Lipinski definition) is 6. The first-order chi connectivity index (χ1) is 16.7. The van der Waals surface area contributed by atoms with Gasteiger partial charge in [0.25, 0.3) is 5.91 Å². The summed E-state index contributed by atoms with van der Waals surface area (Å²) in [4.78, 5) is 18.4. The molecule has 0 spiro atoms. The van der Waals surface area contributed by atoms with E-state index in [0.29, 0.717) is 45.8 Å². The number of nitrogens with zero attached hydrogens (tertiary/aromatic N) is 3. The lowest BCUT2D eigenvalue weighted by Crippen LogP contribution is -2.15. The number of aryl methyl sites for hydroxylation is 2. The van der Waals surface area contributed by atoms with Crippen molar-refractivity contribution in [1.29, 1.82) is 0 Å². The minimum Gasteiger partial charge on any atom is -0.497 e. The van der Waals surface area contributed by atoms with E-state index in [0.717, 1.165) is 11.1 Å². The van der Waals surface area contributed by atoms with Gasteiger partial charge in [-0.15, -0.1) is 0 Å². The first kappa shape index (κ1) is 23.0. The van der Waals surface area contributed by atoms with Crippen LogP contribution >= 0.6 is 0 Å². The van der Waals surface area contributed by atoms with Crippen LogP contribution in [0.1, 0.15) is 34.1 Å². The zero-order valence-corrected chi connectivity index (χ0v) is 20.6. The molecule has 1 fully saturated rings. The fraction of sp³-hybridized carbons (Fsp3) is 0.269. The molecule has 9 heteroatoms. The fourth-order valence-corrected chi connectivity index (χ4v) is 6.24. The van der Waals surface area contributed by atoms with Crippen LogP contribution in [0.3, 0.4) is 0 Å². The lowest BCUT2D eigenvalue weighted by atomic mass is 10.0. The second kappa shape index (κ2) is 8.81. The topological polar surface area (TPSA) is 103 Å². The molecular formula is C26H26N4O4S. The summed E-state index contributed by atoms with van der Waals surface area (Å²) in [7, 11) is -1.52.